The zero-order valence-electron chi connectivity index (χ0n) is 10.7. The molecule has 1 amide bonds. The van der Waals surface area contributed by atoms with Gasteiger partial charge in [0.05, 0.1) is 18.6 Å². The molecule has 1 aromatic carbocycles. The monoisotopic (exact) mass is 253 g/mol. The number of rotatable bonds is 4. The number of methoxy groups -OCH3 is 1. The Kier molecular flexibility index (Phi) is 4.87. The van der Waals surface area contributed by atoms with Gasteiger partial charge in [-0.3, -0.25) is 4.79 Å². The van der Waals surface area contributed by atoms with Crippen LogP contribution in [-0.4, -0.2) is 23.5 Å². The number of anilines is 1. The Balaban J connectivity index is 2.56. The lowest BCUT2D eigenvalue weighted by Gasteiger charge is -2.17. The lowest BCUT2D eigenvalue weighted by Crippen LogP contribution is -2.19. The third-order valence-electron chi connectivity index (χ3n) is 2.02. The molecule has 1 N–H and O–H groups in total. The van der Waals surface area contributed by atoms with E-state index in [4.69, 9.17) is 4.74 Å². The number of ether oxygens (including phenoxy) is 1. The average Bonchev–Trinajstić information content (AvgIpc) is 2.26. The highest BCUT2D eigenvalue weighted by Gasteiger charge is 2.14. The normalized spacial score (nSPS) is 11.1. The zero-order valence-corrected chi connectivity index (χ0v) is 11.6. The minimum Gasteiger partial charge on any atom is -0.495 e. The predicted octanol–water partition coefficient (Wildman–Crippen LogP) is 3.17. The smallest absolute Gasteiger partial charge is 0.234 e. The van der Waals surface area contributed by atoms with E-state index in [9.17, 15) is 4.79 Å². The molecule has 0 saturated heterocycles. The van der Waals surface area contributed by atoms with Crippen molar-refractivity contribution in [1.29, 1.82) is 0 Å². The molecule has 0 saturated carbocycles. The highest BCUT2D eigenvalue weighted by Crippen LogP contribution is 2.25. The molecule has 0 spiro atoms. The fourth-order valence-corrected chi connectivity index (χ4v) is 1.85. The highest BCUT2D eigenvalue weighted by molar-refractivity contribution is 8.01. The Bertz CT molecular complexity index is 385. The molecule has 0 unspecified atom stereocenters. The lowest BCUT2D eigenvalue weighted by atomic mass is 10.3. The summed E-state index contributed by atoms with van der Waals surface area (Å²) in [4.78, 5) is 11.7. The Morgan fingerprint density at radius 1 is 1.35 bits per heavy atom. The van der Waals surface area contributed by atoms with Crippen LogP contribution in [0.5, 0.6) is 5.75 Å². The van der Waals surface area contributed by atoms with Crippen molar-refractivity contribution in [3.05, 3.63) is 24.3 Å². The van der Waals surface area contributed by atoms with Crippen LogP contribution in [0.25, 0.3) is 0 Å². The van der Waals surface area contributed by atoms with Crippen molar-refractivity contribution in [2.75, 3.05) is 18.2 Å². The second-order valence-electron chi connectivity index (χ2n) is 4.65. The first-order valence-corrected chi connectivity index (χ1v) is 6.48. The molecule has 17 heavy (non-hydrogen) atoms. The maximum absolute atomic E-state index is 11.7. The first-order valence-electron chi connectivity index (χ1n) is 5.49. The molecule has 0 bridgehead atoms. The van der Waals surface area contributed by atoms with Gasteiger partial charge in [-0.1, -0.05) is 32.9 Å². The van der Waals surface area contributed by atoms with E-state index >= 15 is 0 Å². The molecule has 0 aliphatic rings. The minimum absolute atomic E-state index is 0.00516. The molecular formula is C13H19NO2S. The summed E-state index contributed by atoms with van der Waals surface area (Å²) in [5.74, 6) is 1.12. The van der Waals surface area contributed by atoms with E-state index in [0.29, 0.717) is 11.5 Å². The van der Waals surface area contributed by atoms with Gasteiger partial charge >= 0.3 is 0 Å². The third kappa shape index (κ3) is 5.13. The SMILES string of the molecule is COc1ccccc1NC(=O)CSC(C)(C)C. The van der Waals surface area contributed by atoms with Crippen molar-refractivity contribution in [3.8, 4) is 5.75 Å². The van der Waals surface area contributed by atoms with Gasteiger partial charge in [-0.15, -0.1) is 11.8 Å². The Morgan fingerprint density at radius 3 is 2.59 bits per heavy atom. The van der Waals surface area contributed by atoms with Gasteiger partial charge in [0.25, 0.3) is 0 Å². The average molecular weight is 253 g/mol. The van der Waals surface area contributed by atoms with Gasteiger partial charge in [0.2, 0.25) is 5.91 Å². The molecule has 4 heteroatoms. The number of hydrogen-bond donors (Lipinski definition) is 1. The van der Waals surface area contributed by atoms with E-state index < -0.39 is 0 Å². The van der Waals surface area contributed by atoms with Crippen molar-refractivity contribution in [1.82, 2.24) is 0 Å². The number of amides is 1. The van der Waals surface area contributed by atoms with Crippen LogP contribution < -0.4 is 10.1 Å². The zero-order chi connectivity index (χ0) is 12.9. The summed E-state index contributed by atoms with van der Waals surface area (Å²) in [5, 5.41) is 2.85. The summed E-state index contributed by atoms with van der Waals surface area (Å²) >= 11 is 1.62. The quantitative estimate of drug-likeness (QED) is 0.895. The van der Waals surface area contributed by atoms with Crippen LogP contribution >= 0.6 is 11.8 Å². The van der Waals surface area contributed by atoms with Crippen molar-refractivity contribution in [2.45, 2.75) is 25.5 Å². The summed E-state index contributed by atoms with van der Waals surface area (Å²) in [6, 6.07) is 7.40. The molecule has 3 nitrogen and oxygen atoms in total. The molecule has 0 fully saturated rings. The number of carbonyl (C=O) groups is 1. The van der Waals surface area contributed by atoms with Crippen LogP contribution in [0.2, 0.25) is 0 Å². The number of thioether (sulfide) groups is 1. The number of nitrogens with one attached hydrogen (secondary N) is 1. The van der Waals surface area contributed by atoms with Crippen molar-refractivity contribution in [3.63, 3.8) is 0 Å². The van der Waals surface area contributed by atoms with Crippen molar-refractivity contribution >= 4 is 23.4 Å². The van der Waals surface area contributed by atoms with Crippen LogP contribution in [-0.2, 0) is 4.79 Å². The number of benzene rings is 1. The minimum atomic E-state index is -0.00516. The summed E-state index contributed by atoms with van der Waals surface area (Å²) in [6.45, 7) is 6.27. The molecule has 0 aliphatic carbocycles. The van der Waals surface area contributed by atoms with Crippen LogP contribution in [0.15, 0.2) is 24.3 Å². The van der Waals surface area contributed by atoms with E-state index in [-0.39, 0.29) is 10.7 Å². The Morgan fingerprint density at radius 2 is 2.00 bits per heavy atom. The number of hydrogen-bond acceptors (Lipinski definition) is 3. The lowest BCUT2D eigenvalue weighted by molar-refractivity contribution is -0.113. The molecule has 0 radical (unpaired) electrons. The van der Waals surface area contributed by atoms with E-state index in [1.165, 1.54) is 0 Å². The fourth-order valence-electron chi connectivity index (χ4n) is 1.22. The van der Waals surface area contributed by atoms with E-state index in [2.05, 4.69) is 26.1 Å². The Labute approximate surface area is 107 Å². The summed E-state index contributed by atoms with van der Waals surface area (Å²) in [5.41, 5.74) is 0.717. The summed E-state index contributed by atoms with van der Waals surface area (Å²) in [7, 11) is 1.59. The van der Waals surface area contributed by atoms with Gasteiger partial charge < -0.3 is 10.1 Å². The molecular weight excluding hydrogens is 234 g/mol. The van der Waals surface area contributed by atoms with Crippen LogP contribution in [0.4, 0.5) is 5.69 Å². The molecule has 0 aromatic heterocycles. The van der Waals surface area contributed by atoms with Crippen molar-refractivity contribution in [2.24, 2.45) is 0 Å². The molecule has 0 aliphatic heterocycles. The van der Waals surface area contributed by atoms with Crippen molar-refractivity contribution < 1.29 is 9.53 Å². The predicted molar refractivity (Wildman–Crippen MR) is 73.8 cm³/mol. The van der Waals surface area contributed by atoms with Crippen LogP contribution in [0.3, 0.4) is 0 Å². The van der Waals surface area contributed by atoms with Crippen LogP contribution in [0, 0.1) is 0 Å². The van der Waals surface area contributed by atoms with Crippen LogP contribution in [0.1, 0.15) is 20.8 Å². The topological polar surface area (TPSA) is 38.3 Å². The van der Waals surface area contributed by atoms with Gasteiger partial charge in [-0.2, -0.15) is 0 Å². The van der Waals surface area contributed by atoms with Gasteiger partial charge in [-0.05, 0) is 12.1 Å². The second kappa shape index (κ2) is 5.96. The largest absolute Gasteiger partial charge is 0.495 e. The van der Waals surface area contributed by atoms with Gasteiger partial charge in [0.1, 0.15) is 5.75 Å². The molecule has 1 rings (SSSR count). The number of para-hydroxylation sites is 2. The van der Waals surface area contributed by atoms with Gasteiger partial charge in [-0.25, -0.2) is 0 Å². The van der Waals surface area contributed by atoms with Gasteiger partial charge in [0, 0.05) is 4.75 Å². The standard InChI is InChI=1S/C13H19NO2S/c1-13(2,3)17-9-12(15)14-10-7-5-6-8-11(10)16-4/h5-8H,9H2,1-4H3,(H,14,15). The summed E-state index contributed by atoms with van der Waals surface area (Å²) in [6.07, 6.45) is 0. The maximum Gasteiger partial charge on any atom is 0.234 e. The van der Waals surface area contributed by atoms with E-state index in [1.54, 1.807) is 18.9 Å². The summed E-state index contributed by atoms with van der Waals surface area (Å²) < 4.78 is 5.27. The van der Waals surface area contributed by atoms with E-state index in [0.717, 1.165) is 5.69 Å². The number of carbonyl (C=O) groups excluding carboxylic acids is 1. The van der Waals surface area contributed by atoms with E-state index in [1.807, 2.05) is 24.3 Å². The molecule has 0 heterocycles. The fraction of sp³-hybridized carbons (Fsp3) is 0.462. The van der Waals surface area contributed by atoms with Gasteiger partial charge in [0.15, 0.2) is 0 Å². The molecule has 0 atom stereocenters. The maximum atomic E-state index is 11.7. The molecule has 94 valence electrons. The highest BCUT2D eigenvalue weighted by atomic mass is 32.2. The Hall–Kier alpha value is -1.16. The second-order valence-corrected chi connectivity index (χ2v) is 6.45. The molecule has 1 aromatic rings. The first kappa shape index (κ1) is 13.9. The first-order chi connectivity index (χ1) is 7.92. The third-order valence-corrected chi connectivity index (χ3v) is 3.29.